The lowest BCUT2D eigenvalue weighted by Gasteiger charge is -2.08. The van der Waals surface area contributed by atoms with Crippen LogP contribution in [0.15, 0.2) is 34.2 Å². The van der Waals surface area contributed by atoms with E-state index in [-0.39, 0.29) is 23.7 Å². The Labute approximate surface area is 166 Å². The number of aromatic nitrogens is 3. The Kier molecular flexibility index (Phi) is 5.69. The average Bonchev–Trinajstić information content (AvgIpc) is 2.98. The fraction of sp³-hybridized carbons (Fsp3) is 0.300. The van der Waals surface area contributed by atoms with Gasteiger partial charge in [0.2, 0.25) is 0 Å². The number of fused-ring (bicyclic) bond motifs is 1. The zero-order valence-corrected chi connectivity index (χ0v) is 17.0. The van der Waals surface area contributed by atoms with Gasteiger partial charge in [0.15, 0.2) is 10.9 Å². The van der Waals surface area contributed by atoms with Crippen LogP contribution >= 0.6 is 11.8 Å². The minimum atomic E-state index is -0.478. The van der Waals surface area contributed by atoms with Crippen molar-refractivity contribution in [2.45, 2.75) is 25.9 Å². The highest BCUT2D eigenvalue weighted by molar-refractivity contribution is 7.99. The van der Waals surface area contributed by atoms with Crippen LogP contribution in [-0.2, 0) is 11.8 Å². The van der Waals surface area contributed by atoms with Crippen LogP contribution in [0.5, 0.6) is 0 Å². The van der Waals surface area contributed by atoms with E-state index >= 15 is 0 Å². The summed E-state index contributed by atoms with van der Waals surface area (Å²) in [5.74, 6) is -0.525. The summed E-state index contributed by atoms with van der Waals surface area (Å²) in [5, 5.41) is 1.01. The van der Waals surface area contributed by atoms with Gasteiger partial charge in [0.25, 0.3) is 5.56 Å². The lowest BCUT2D eigenvalue weighted by Crippen LogP contribution is -2.20. The third kappa shape index (κ3) is 3.60. The predicted octanol–water partition coefficient (Wildman–Crippen LogP) is 3.03. The van der Waals surface area contributed by atoms with Gasteiger partial charge in [-0.1, -0.05) is 23.9 Å². The van der Waals surface area contributed by atoms with E-state index in [0.29, 0.717) is 38.6 Å². The number of hydrogen-bond donors (Lipinski definition) is 1. The molecule has 7 nitrogen and oxygen atoms in total. The van der Waals surface area contributed by atoms with E-state index in [0.717, 1.165) is 0 Å². The fourth-order valence-electron chi connectivity index (χ4n) is 3.10. The number of nitrogens with zero attached hydrogens (tertiary/aromatic N) is 2. The summed E-state index contributed by atoms with van der Waals surface area (Å²) in [6.45, 7) is 5.46. The number of ether oxygens (including phenoxy) is 1. The van der Waals surface area contributed by atoms with Crippen LogP contribution in [0.3, 0.4) is 0 Å². The number of nitrogens with one attached hydrogen (secondary N) is 1. The number of benzene rings is 1. The molecule has 0 aliphatic carbocycles. The molecule has 0 atom stereocenters. The highest BCUT2D eigenvalue weighted by Gasteiger charge is 2.23. The maximum absolute atomic E-state index is 12.8. The molecule has 2 aromatic heterocycles. The van der Waals surface area contributed by atoms with Gasteiger partial charge in [0, 0.05) is 18.3 Å². The molecule has 1 N–H and O–H groups in total. The quantitative estimate of drug-likeness (QED) is 0.296. The number of thioether (sulfide) groups is 1. The van der Waals surface area contributed by atoms with E-state index in [4.69, 9.17) is 4.74 Å². The van der Waals surface area contributed by atoms with Crippen LogP contribution in [0, 0.1) is 13.8 Å². The molecule has 0 aliphatic rings. The lowest BCUT2D eigenvalue weighted by molar-refractivity contribution is 0.0519. The summed E-state index contributed by atoms with van der Waals surface area (Å²) in [6.07, 6.45) is 0. The van der Waals surface area contributed by atoms with Gasteiger partial charge in [-0.3, -0.25) is 14.2 Å². The van der Waals surface area contributed by atoms with E-state index in [1.807, 2.05) is 6.07 Å². The van der Waals surface area contributed by atoms with Gasteiger partial charge in [-0.05, 0) is 38.5 Å². The van der Waals surface area contributed by atoms with Crippen molar-refractivity contribution in [2.24, 2.45) is 7.05 Å². The topological polar surface area (TPSA) is 94.1 Å². The van der Waals surface area contributed by atoms with Gasteiger partial charge in [-0.15, -0.1) is 0 Å². The first kappa shape index (κ1) is 19.9. The Bertz CT molecular complexity index is 1130. The standard InChI is InChI=1S/C20H21N3O4S/c1-5-27-19(26)17-11(2)16(12(3)21-17)15(24)10-28-20-22-14-9-7-6-8-13(14)18(25)23(20)4/h6-9,21H,5,10H2,1-4H3. The van der Waals surface area contributed by atoms with Gasteiger partial charge >= 0.3 is 5.97 Å². The lowest BCUT2D eigenvalue weighted by atomic mass is 10.1. The zero-order valence-electron chi connectivity index (χ0n) is 16.2. The molecule has 8 heteroatoms. The molecule has 0 fully saturated rings. The predicted molar refractivity (Wildman–Crippen MR) is 108 cm³/mol. The minimum absolute atomic E-state index is 0.0976. The SMILES string of the molecule is CCOC(=O)c1[nH]c(C)c(C(=O)CSc2nc3ccccc3c(=O)n2C)c1C. The van der Waals surface area contributed by atoms with Gasteiger partial charge in [0.05, 0.1) is 23.3 Å². The summed E-state index contributed by atoms with van der Waals surface area (Å²) < 4.78 is 6.47. The van der Waals surface area contributed by atoms with Crippen molar-refractivity contribution in [3.05, 3.63) is 57.1 Å². The van der Waals surface area contributed by atoms with Crippen LogP contribution in [0.2, 0.25) is 0 Å². The number of aryl methyl sites for hydroxylation is 1. The second-order valence-electron chi connectivity index (χ2n) is 6.33. The Balaban J connectivity index is 1.86. The van der Waals surface area contributed by atoms with Crippen molar-refractivity contribution in [3.8, 4) is 0 Å². The summed E-state index contributed by atoms with van der Waals surface area (Å²) in [7, 11) is 1.64. The van der Waals surface area contributed by atoms with E-state index in [1.165, 1.54) is 16.3 Å². The molecular weight excluding hydrogens is 378 g/mol. The third-order valence-corrected chi connectivity index (χ3v) is 5.50. The van der Waals surface area contributed by atoms with Gasteiger partial charge in [-0.25, -0.2) is 9.78 Å². The molecule has 0 spiro atoms. The number of esters is 1. The Morgan fingerprint density at radius 1 is 1.25 bits per heavy atom. The molecule has 0 saturated heterocycles. The highest BCUT2D eigenvalue weighted by atomic mass is 32.2. The van der Waals surface area contributed by atoms with Crippen molar-refractivity contribution in [1.29, 1.82) is 0 Å². The number of rotatable bonds is 6. The van der Waals surface area contributed by atoms with Gasteiger partial charge in [0.1, 0.15) is 5.69 Å². The van der Waals surface area contributed by atoms with Gasteiger partial charge in [-0.2, -0.15) is 0 Å². The smallest absolute Gasteiger partial charge is 0.355 e. The molecule has 3 rings (SSSR count). The molecule has 0 unspecified atom stereocenters. The number of hydrogen-bond acceptors (Lipinski definition) is 6. The number of para-hydroxylation sites is 1. The van der Waals surface area contributed by atoms with Crippen LogP contribution in [0.25, 0.3) is 10.9 Å². The number of carbonyl (C=O) groups excluding carboxylic acids is 2. The summed E-state index contributed by atoms with van der Waals surface area (Å²) in [4.78, 5) is 44.7. The summed E-state index contributed by atoms with van der Waals surface area (Å²) in [6, 6.07) is 7.11. The van der Waals surface area contributed by atoms with Crippen molar-refractivity contribution < 1.29 is 14.3 Å². The van der Waals surface area contributed by atoms with E-state index in [9.17, 15) is 14.4 Å². The molecule has 28 heavy (non-hydrogen) atoms. The largest absolute Gasteiger partial charge is 0.461 e. The zero-order chi connectivity index (χ0) is 20.4. The van der Waals surface area contributed by atoms with E-state index in [1.54, 1.807) is 46.0 Å². The maximum Gasteiger partial charge on any atom is 0.355 e. The van der Waals surface area contributed by atoms with E-state index in [2.05, 4.69) is 9.97 Å². The number of ketones is 1. The molecule has 2 heterocycles. The van der Waals surface area contributed by atoms with Crippen molar-refractivity contribution in [1.82, 2.24) is 14.5 Å². The Morgan fingerprint density at radius 3 is 2.68 bits per heavy atom. The Hall–Kier alpha value is -2.87. The number of aromatic amines is 1. The van der Waals surface area contributed by atoms with Crippen molar-refractivity contribution in [3.63, 3.8) is 0 Å². The highest BCUT2D eigenvalue weighted by Crippen LogP contribution is 2.23. The molecule has 3 aromatic rings. The van der Waals surface area contributed by atoms with Crippen LogP contribution < -0.4 is 5.56 Å². The minimum Gasteiger partial charge on any atom is -0.461 e. The average molecular weight is 399 g/mol. The second kappa shape index (κ2) is 8.02. The third-order valence-electron chi connectivity index (χ3n) is 4.47. The first-order valence-electron chi connectivity index (χ1n) is 8.83. The van der Waals surface area contributed by atoms with Crippen molar-refractivity contribution in [2.75, 3.05) is 12.4 Å². The first-order chi connectivity index (χ1) is 13.3. The number of Topliss-reactive ketones (excluding diaryl/α,β-unsaturated/α-hetero) is 1. The molecule has 0 saturated carbocycles. The molecule has 0 amide bonds. The second-order valence-corrected chi connectivity index (χ2v) is 7.28. The molecule has 1 aromatic carbocycles. The van der Waals surface area contributed by atoms with Crippen LogP contribution in [0.1, 0.15) is 39.0 Å². The summed E-state index contributed by atoms with van der Waals surface area (Å²) >= 11 is 1.20. The fourth-order valence-corrected chi connectivity index (χ4v) is 3.95. The van der Waals surface area contributed by atoms with Crippen molar-refractivity contribution >= 4 is 34.4 Å². The summed E-state index contributed by atoms with van der Waals surface area (Å²) in [5.41, 5.74) is 2.40. The number of H-pyrrole nitrogens is 1. The van der Waals surface area contributed by atoms with E-state index < -0.39 is 5.97 Å². The molecule has 146 valence electrons. The Morgan fingerprint density at radius 2 is 1.96 bits per heavy atom. The molecular formula is C20H21N3O4S. The molecule has 0 aliphatic heterocycles. The van der Waals surface area contributed by atoms with Crippen LogP contribution in [0.4, 0.5) is 0 Å². The molecule has 0 radical (unpaired) electrons. The maximum atomic E-state index is 12.8. The van der Waals surface area contributed by atoms with Crippen LogP contribution in [-0.4, -0.2) is 38.6 Å². The monoisotopic (exact) mass is 399 g/mol. The first-order valence-corrected chi connectivity index (χ1v) is 9.81. The normalized spacial score (nSPS) is 11.0. The van der Waals surface area contributed by atoms with Gasteiger partial charge < -0.3 is 9.72 Å². The number of carbonyl (C=O) groups is 2. The molecule has 0 bridgehead atoms.